The molecule has 0 bridgehead atoms. The summed E-state index contributed by atoms with van der Waals surface area (Å²) in [4.78, 5) is 20.1. The van der Waals surface area contributed by atoms with Gasteiger partial charge in [0.15, 0.2) is 0 Å². The van der Waals surface area contributed by atoms with Crippen LogP contribution in [0.15, 0.2) is 78.9 Å². The van der Waals surface area contributed by atoms with E-state index in [1.807, 2.05) is 71.8 Å². The molecule has 2 fully saturated rings. The predicted octanol–water partition coefficient (Wildman–Crippen LogP) is 5.28. The van der Waals surface area contributed by atoms with Crippen molar-refractivity contribution < 1.29 is 14.4 Å². The number of carbonyl (C=O) groups is 1. The molecule has 0 unspecified atom stereocenters. The zero-order chi connectivity index (χ0) is 21.4. The van der Waals surface area contributed by atoms with E-state index >= 15 is 0 Å². The van der Waals surface area contributed by atoms with E-state index in [9.17, 15) is 4.79 Å². The Morgan fingerprint density at radius 2 is 1.68 bits per heavy atom. The molecule has 3 aromatic rings. The molecule has 5 nitrogen and oxygen atoms in total. The highest BCUT2D eigenvalue weighted by Gasteiger charge is 2.66. The predicted molar refractivity (Wildman–Crippen MR) is 121 cm³/mol. The minimum Gasteiger partial charge on any atom is -0.497 e. The van der Waals surface area contributed by atoms with Gasteiger partial charge in [-0.1, -0.05) is 48.0 Å². The van der Waals surface area contributed by atoms with Gasteiger partial charge < -0.3 is 10.1 Å². The van der Waals surface area contributed by atoms with Crippen molar-refractivity contribution in [3.8, 4) is 5.75 Å². The lowest BCUT2D eigenvalue weighted by atomic mass is 9.86. The second kappa shape index (κ2) is 7.75. The maximum Gasteiger partial charge on any atom is 0.250 e. The van der Waals surface area contributed by atoms with Gasteiger partial charge in [-0.05, 0) is 61.7 Å². The molecule has 2 atom stereocenters. The highest BCUT2D eigenvalue weighted by atomic mass is 16.7. The van der Waals surface area contributed by atoms with Crippen molar-refractivity contribution in [2.24, 2.45) is 5.41 Å². The molecule has 1 saturated carbocycles. The highest BCUT2D eigenvalue weighted by molar-refractivity contribution is 5.98. The Balaban J connectivity index is 1.49. The zero-order valence-corrected chi connectivity index (χ0v) is 17.7. The summed E-state index contributed by atoms with van der Waals surface area (Å²) in [6, 6.07) is 25.4. The molecular formula is C26H26N2O3. The molecule has 0 aromatic heterocycles. The van der Waals surface area contributed by atoms with E-state index in [-0.39, 0.29) is 17.4 Å². The van der Waals surface area contributed by atoms with Crippen LogP contribution in [-0.2, 0) is 9.63 Å². The molecule has 1 aliphatic carbocycles. The summed E-state index contributed by atoms with van der Waals surface area (Å²) in [5, 5.41) is 4.92. The SMILES string of the molecule is COc1ccc(NC(=O)[C@@H]2N(c3ccc(C)cc3)O[C@H](c3ccccc3)C23CC3)cc1. The number of hydrogen-bond donors (Lipinski definition) is 1. The maximum atomic E-state index is 13.6. The fourth-order valence-electron chi connectivity index (χ4n) is 4.51. The molecule has 1 spiro atoms. The number of methoxy groups -OCH3 is 1. The van der Waals surface area contributed by atoms with Crippen molar-refractivity contribution in [2.45, 2.75) is 31.9 Å². The molecule has 158 valence electrons. The van der Waals surface area contributed by atoms with Crippen LogP contribution in [0.3, 0.4) is 0 Å². The monoisotopic (exact) mass is 414 g/mol. The molecule has 2 aliphatic rings. The standard InChI is InChI=1S/C26H26N2O3/c1-18-8-12-21(13-9-18)28-23(25(29)27-20-10-14-22(30-2)15-11-20)26(16-17-26)24(31-28)19-6-4-3-5-7-19/h3-15,23-24H,16-17H2,1-2H3,(H,27,29)/t23-,24+/m0/s1. The first-order valence-electron chi connectivity index (χ1n) is 10.6. The van der Waals surface area contributed by atoms with E-state index < -0.39 is 6.04 Å². The third kappa shape index (κ3) is 3.55. The van der Waals surface area contributed by atoms with Crippen LogP contribution in [0.4, 0.5) is 11.4 Å². The Kier molecular flexibility index (Phi) is 4.91. The molecule has 1 heterocycles. The Hall–Kier alpha value is -3.31. The van der Waals surface area contributed by atoms with Gasteiger partial charge in [-0.3, -0.25) is 9.63 Å². The molecule has 1 saturated heterocycles. The molecule has 0 radical (unpaired) electrons. The Morgan fingerprint density at radius 3 is 2.29 bits per heavy atom. The lowest BCUT2D eigenvalue weighted by Crippen LogP contribution is -2.44. The summed E-state index contributed by atoms with van der Waals surface area (Å²) >= 11 is 0. The topological polar surface area (TPSA) is 50.8 Å². The van der Waals surface area contributed by atoms with Gasteiger partial charge in [-0.2, -0.15) is 0 Å². The second-order valence-corrected chi connectivity index (χ2v) is 8.41. The fourth-order valence-corrected chi connectivity index (χ4v) is 4.51. The largest absolute Gasteiger partial charge is 0.497 e. The van der Waals surface area contributed by atoms with Gasteiger partial charge in [0.05, 0.1) is 12.8 Å². The number of benzene rings is 3. The van der Waals surface area contributed by atoms with Gasteiger partial charge in [0.2, 0.25) is 5.91 Å². The summed E-state index contributed by atoms with van der Waals surface area (Å²) in [7, 11) is 1.63. The van der Waals surface area contributed by atoms with Gasteiger partial charge in [0.1, 0.15) is 17.9 Å². The summed E-state index contributed by atoms with van der Waals surface area (Å²) < 4.78 is 5.22. The Labute approximate surface area is 182 Å². The van der Waals surface area contributed by atoms with Gasteiger partial charge in [-0.25, -0.2) is 5.06 Å². The van der Waals surface area contributed by atoms with Crippen molar-refractivity contribution in [3.05, 3.63) is 90.0 Å². The van der Waals surface area contributed by atoms with Crippen molar-refractivity contribution >= 4 is 17.3 Å². The minimum absolute atomic E-state index is 0.0540. The summed E-state index contributed by atoms with van der Waals surface area (Å²) in [6.45, 7) is 2.05. The van der Waals surface area contributed by atoms with E-state index in [0.717, 1.165) is 35.5 Å². The van der Waals surface area contributed by atoms with Crippen LogP contribution >= 0.6 is 0 Å². The number of amides is 1. The first-order chi connectivity index (χ1) is 15.1. The van der Waals surface area contributed by atoms with Crippen LogP contribution < -0.4 is 15.1 Å². The number of hydroxylamine groups is 1. The van der Waals surface area contributed by atoms with E-state index in [0.29, 0.717) is 0 Å². The number of anilines is 2. The van der Waals surface area contributed by atoms with Crippen molar-refractivity contribution in [1.29, 1.82) is 0 Å². The Bertz CT molecular complexity index is 1060. The normalized spacial score (nSPS) is 21.2. The number of nitrogens with one attached hydrogen (secondary N) is 1. The molecule has 1 aliphatic heterocycles. The molecule has 1 N–H and O–H groups in total. The third-order valence-corrected chi connectivity index (χ3v) is 6.34. The smallest absolute Gasteiger partial charge is 0.250 e. The van der Waals surface area contributed by atoms with Crippen LogP contribution in [0.5, 0.6) is 5.75 Å². The van der Waals surface area contributed by atoms with Crippen LogP contribution in [0.25, 0.3) is 0 Å². The van der Waals surface area contributed by atoms with Crippen molar-refractivity contribution in [1.82, 2.24) is 0 Å². The number of nitrogens with zero attached hydrogens (tertiary/aromatic N) is 1. The van der Waals surface area contributed by atoms with Gasteiger partial charge in [0, 0.05) is 11.1 Å². The molecule has 3 aromatic carbocycles. The first-order valence-corrected chi connectivity index (χ1v) is 10.6. The fraction of sp³-hybridized carbons (Fsp3) is 0.269. The van der Waals surface area contributed by atoms with Gasteiger partial charge in [-0.15, -0.1) is 0 Å². The van der Waals surface area contributed by atoms with Crippen molar-refractivity contribution in [2.75, 3.05) is 17.5 Å². The number of hydrogen-bond acceptors (Lipinski definition) is 4. The number of carbonyl (C=O) groups excluding carboxylic acids is 1. The number of rotatable bonds is 5. The summed E-state index contributed by atoms with van der Waals surface area (Å²) in [5.74, 6) is 0.702. The van der Waals surface area contributed by atoms with E-state index in [1.54, 1.807) is 7.11 Å². The van der Waals surface area contributed by atoms with Crippen LogP contribution in [0, 0.1) is 12.3 Å². The van der Waals surface area contributed by atoms with E-state index in [2.05, 4.69) is 24.4 Å². The molecule has 5 heteroatoms. The molecule has 1 amide bonds. The average molecular weight is 415 g/mol. The molecule has 5 rings (SSSR count). The first kappa shape index (κ1) is 19.6. The number of ether oxygens (including phenoxy) is 1. The average Bonchev–Trinajstić information content (AvgIpc) is 3.51. The van der Waals surface area contributed by atoms with Crippen LogP contribution in [-0.4, -0.2) is 19.1 Å². The minimum atomic E-state index is -0.414. The van der Waals surface area contributed by atoms with Gasteiger partial charge in [0.25, 0.3) is 0 Å². The second-order valence-electron chi connectivity index (χ2n) is 8.41. The number of aryl methyl sites for hydroxylation is 1. The van der Waals surface area contributed by atoms with E-state index in [1.165, 1.54) is 5.56 Å². The molecular weight excluding hydrogens is 388 g/mol. The van der Waals surface area contributed by atoms with Crippen LogP contribution in [0.2, 0.25) is 0 Å². The highest BCUT2D eigenvalue weighted by Crippen LogP contribution is 2.65. The molecule has 31 heavy (non-hydrogen) atoms. The lowest BCUT2D eigenvalue weighted by molar-refractivity contribution is -0.118. The Morgan fingerprint density at radius 1 is 1.00 bits per heavy atom. The third-order valence-electron chi connectivity index (χ3n) is 6.34. The maximum absolute atomic E-state index is 13.6. The summed E-state index contributed by atoms with van der Waals surface area (Å²) in [6.07, 6.45) is 1.76. The van der Waals surface area contributed by atoms with Gasteiger partial charge >= 0.3 is 0 Å². The van der Waals surface area contributed by atoms with Crippen molar-refractivity contribution in [3.63, 3.8) is 0 Å². The zero-order valence-electron chi connectivity index (χ0n) is 17.7. The summed E-state index contributed by atoms with van der Waals surface area (Å²) in [5.41, 5.74) is 3.68. The van der Waals surface area contributed by atoms with Crippen LogP contribution in [0.1, 0.15) is 30.1 Å². The lowest BCUT2D eigenvalue weighted by Gasteiger charge is -2.26. The van der Waals surface area contributed by atoms with E-state index in [4.69, 9.17) is 9.57 Å². The quantitative estimate of drug-likeness (QED) is 0.617.